The molecule has 1 fully saturated rings. The summed E-state index contributed by atoms with van der Waals surface area (Å²) in [7, 11) is 0. The lowest BCUT2D eigenvalue weighted by atomic mass is 10.1. The molecule has 0 spiro atoms. The van der Waals surface area contributed by atoms with Crippen LogP contribution in [-0.2, 0) is 6.54 Å². The summed E-state index contributed by atoms with van der Waals surface area (Å²) < 4.78 is 21.0. The Balaban J connectivity index is 1.14. The van der Waals surface area contributed by atoms with Gasteiger partial charge in [-0.1, -0.05) is 6.07 Å². The second-order valence-corrected chi connectivity index (χ2v) is 7.23. The van der Waals surface area contributed by atoms with Crippen LogP contribution >= 0.6 is 0 Å². The molecule has 1 aromatic carbocycles. The van der Waals surface area contributed by atoms with Gasteiger partial charge in [-0.05, 0) is 29.8 Å². The lowest BCUT2D eigenvalue weighted by Crippen LogP contribution is -2.48. The van der Waals surface area contributed by atoms with Crippen molar-refractivity contribution < 1.29 is 27.9 Å². The fourth-order valence-electron chi connectivity index (χ4n) is 3.56. The number of rotatable bonds is 5. The van der Waals surface area contributed by atoms with Gasteiger partial charge >= 0.3 is 6.01 Å². The molecule has 10 nitrogen and oxygen atoms in total. The van der Waals surface area contributed by atoms with Gasteiger partial charge in [-0.2, -0.15) is 4.98 Å². The van der Waals surface area contributed by atoms with Crippen molar-refractivity contribution in [2.75, 3.05) is 38.3 Å². The zero-order valence-corrected chi connectivity index (χ0v) is 16.6. The fourth-order valence-corrected chi connectivity index (χ4v) is 3.56. The average Bonchev–Trinajstić information content (AvgIpc) is 3.55. The van der Waals surface area contributed by atoms with Crippen molar-refractivity contribution in [3.05, 3.63) is 59.9 Å². The van der Waals surface area contributed by atoms with Crippen LogP contribution in [0, 0.1) is 0 Å². The minimum atomic E-state index is -0.497. The summed E-state index contributed by atoms with van der Waals surface area (Å²) in [5.74, 6) is 0.941. The van der Waals surface area contributed by atoms with Gasteiger partial charge in [-0.3, -0.25) is 19.8 Å². The summed E-state index contributed by atoms with van der Waals surface area (Å²) >= 11 is 0. The first-order chi connectivity index (χ1) is 15.2. The van der Waals surface area contributed by atoms with E-state index >= 15 is 0 Å². The summed E-state index contributed by atoms with van der Waals surface area (Å²) in [5, 5.41) is 2.47. The van der Waals surface area contributed by atoms with Crippen LogP contribution in [0.5, 0.6) is 11.5 Å². The van der Waals surface area contributed by atoms with E-state index in [1.807, 2.05) is 18.2 Å². The van der Waals surface area contributed by atoms with Crippen LogP contribution in [-0.4, -0.2) is 59.6 Å². The van der Waals surface area contributed by atoms with Crippen molar-refractivity contribution in [3.63, 3.8) is 0 Å². The number of hydrogen-bond donors (Lipinski definition) is 1. The van der Waals surface area contributed by atoms with Crippen LogP contribution in [0.15, 0.2) is 51.7 Å². The van der Waals surface area contributed by atoms with Crippen LogP contribution in [0.4, 0.5) is 6.01 Å². The molecule has 0 saturated carbocycles. The molecule has 10 heteroatoms. The highest BCUT2D eigenvalue weighted by molar-refractivity contribution is 6.01. The van der Waals surface area contributed by atoms with Crippen LogP contribution in [0.1, 0.15) is 26.6 Å². The van der Waals surface area contributed by atoms with E-state index in [0.717, 1.165) is 36.7 Å². The lowest BCUT2D eigenvalue weighted by Gasteiger charge is -2.34. The number of furan rings is 1. The van der Waals surface area contributed by atoms with Gasteiger partial charge in [0.05, 0.1) is 6.26 Å². The number of hydrogen-bond acceptors (Lipinski definition) is 8. The Morgan fingerprint density at radius 2 is 1.87 bits per heavy atom. The molecule has 1 N–H and O–H groups in total. The van der Waals surface area contributed by atoms with Crippen molar-refractivity contribution >= 4 is 17.8 Å². The quantitative estimate of drug-likeness (QED) is 0.664. The van der Waals surface area contributed by atoms with Gasteiger partial charge in [0.25, 0.3) is 11.8 Å². The number of amides is 2. The average molecular weight is 424 g/mol. The van der Waals surface area contributed by atoms with Crippen LogP contribution in [0.3, 0.4) is 0 Å². The van der Waals surface area contributed by atoms with E-state index in [0.29, 0.717) is 13.1 Å². The smallest absolute Gasteiger partial charge is 0.302 e. The van der Waals surface area contributed by atoms with Gasteiger partial charge in [-0.25, -0.2) is 0 Å². The first-order valence-corrected chi connectivity index (χ1v) is 9.86. The van der Waals surface area contributed by atoms with E-state index in [9.17, 15) is 9.59 Å². The Bertz CT molecular complexity index is 1090. The largest absolute Gasteiger partial charge is 0.459 e. The molecule has 0 unspecified atom stereocenters. The first-order valence-electron chi connectivity index (χ1n) is 9.86. The second kappa shape index (κ2) is 8.15. The highest BCUT2D eigenvalue weighted by Gasteiger charge is 2.25. The van der Waals surface area contributed by atoms with Gasteiger partial charge < -0.3 is 23.2 Å². The number of anilines is 1. The molecular formula is C21H20N4O6. The first kappa shape index (κ1) is 19.2. The van der Waals surface area contributed by atoms with E-state index in [2.05, 4.69) is 15.2 Å². The number of carbonyl (C=O) groups is 2. The zero-order chi connectivity index (χ0) is 21.2. The number of carbonyl (C=O) groups excluding carboxylic acids is 2. The SMILES string of the molecule is O=C(Nc1nc(C(=O)N2CCN(Cc3ccc4c(c3)OCO4)CC2)co1)c1ccco1. The minimum Gasteiger partial charge on any atom is -0.459 e. The third-order valence-electron chi connectivity index (χ3n) is 5.19. The number of fused-ring (bicyclic) bond motifs is 1. The van der Waals surface area contributed by atoms with Crippen molar-refractivity contribution in [2.24, 2.45) is 0 Å². The minimum absolute atomic E-state index is 0.0498. The summed E-state index contributed by atoms with van der Waals surface area (Å²) in [6, 6.07) is 9.02. The van der Waals surface area contributed by atoms with Crippen molar-refractivity contribution in [2.45, 2.75) is 6.54 Å². The van der Waals surface area contributed by atoms with Gasteiger partial charge in [0, 0.05) is 32.7 Å². The van der Waals surface area contributed by atoms with Crippen molar-refractivity contribution in [1.29, 1.82) is 0 Å². The molecule has 2 aliphatic heterocycles. The maximum Gasteiger partial charge on any atom is 0.302 e. The van der Waals surface area contributed by atoms with Crippen molar-refractivity contribution in [1.82, 2.24) is 14.8 Å². The Morgan fingerprint density at radius 3 is 2.68 bits per heavy atom. The summed E-state index contributed by atoms with van der Waals surface area (Å²) in [5.41, 5.74) is 1.29. The molecule has 0 aliphatic carbocycles. The van der Waals surface area contributed by atoms with E-state index in [4.69, 9.17) is 18.3 Å². The molecule has 2 aromatic heterocycles. The zero-order valence-electron chi connectivity index (χ0n) is 16.6. The van der Waals surface area contributed by atoms with Crippen molar-refractivity contribution in [3.8, 4) is 11.5 Å². The summed E-state index contributed by atoms with van der Waals surface area (Å²) in [6.45, 7) is 3.65. The predicted molar refractivity (Wildman–Crippen MR) is 107 cm³/mol. The highest BCUT2D eigenvalue weighted by atomic mass is 16.7. The topological polar surface area (TPSA) is 110 Å². The van der Waals surface area contributed by atoms with E-state index in [-0.39, 0.29) is 30.2 Å². The molecule has 2 amide bonds. The number of ether oxygens (including phenoxy) is 2. The monoisotopic (exact) mass is 424 g/mol. The molecule has 3 aromatic rings. The van der Waals surface area contributed by atoms with E-state index < -0.39 is 5.91 Å². The Labute approximate surface area is 177 Å². The molecule has 2 aliphatic rings. The Morgan fingerprint density at radius 1 is 1.03 bits per heavy atom. The number of aromatic nitrogens is 1. The molecule has 4 heterocycles. The third kappa shape index (κ3) is 4.10. The van der Waals surface area contributed by atoms with Gasteiger partial charge in [-0.15, -0.1) is 0 Å². The van der Waals surface area contributed by atoms with Crippen LogP contribution in [0.25, 0.3) is 0 Å². The molecule has 5 rings (SSSR count). The standard InChI is InChI=1S/C21H20N4O6/c26-19(17-2-1-9-28-17)23-21-22-15(12-29-21)20(27)25-7-5-24(6-8-25)11-14-3-4-16-18(10-14)31-13-30-16/h1-4,9-10,12H,5-8,11,13H2,(H,22,23,26). The highest BCUT2D eigenvalue weighted by Crippen LogP contribution is 2.32. The molecule has 160 valence electrons. The second-order valence-electron chi connectivity index (χ2n) is 7.23. The maximum atomic E-state index is 12.7. The molecule has 0 bridgehead atoms. The van der Waals surface area contributed by atoms with E-state index in [1.165, 1.54) is 18.6 Å². The number of oxazole rings is 1. The number of piperazine rings is 1. The number of benzene rings is 1. The molecule has 0 atom stereocenters. The molecular weight excluding hydrogens is 404 g/mol. The molecule has 1 saturated heterocycles. The van der Waals surface area contributed by atoms with Crippen LogP contribution in [0.2, 0.25) is 0 Å². The third-order valence-corrected chi connectivity index (χ3v) is 5.19. The predicted octanol–water partition coefficient (Wildman–Crippen LogP) is 2.21. The molecule has 0 radical (unpaired) electrons. The van der Waals surface area contributed by atoms with E-state index in [1.54, 1.807) is 11.0 Å². The lowest BCUT2D eigenvalue weighted by molar-refractivity contribution is 0.0622. The van der Waals surface area contributed by atoms with Gasteiger partial charge in [0.15, 0.2) is 23.0 Å². The van der Waals surface area contributed by atoms with Gasteiger partial charge in [0.1, 0.15) is 6.26 Å². The Hall–Kier alpha value is -3.79. The van der Waals surface area contributed by atoms with Gasteiger partial charge in [0.2, 0.25) is 6.79 Å². The summed E-state index contributed by atoms with van der Waals surface area (Å²) in [6.07, 6.45) is 2.64. The Kier molecular flexibility index (Phi) is 5.04. The number of nitrogens with zero attached hydrogens (tertiary/aromatic N) is 3. The summed E-state index contributed by atoms with van der Waals surface area (Å²) in [4.78, 5) is 32.8. The van der Waals surface area contributed by atoms with Crippen LogP contribution < -0.4 is 14.8 Å². The molecule has 31 heavy (non-hydrogen) atoms. The number of nitrogens with one attached hydrogen (secondary N) is 1. The normalized spacial score (nSPS) is 15.8. The maximum absolute atomic E-state index is 12.7. The fraction of sp³-hybridized carbons (Fsp3) is 0.286.